The third-order valence-corrected chi connectivity index (χ3v) is 6.56. The van der Waals surface area contributed by atoms with E-state index in [1.807, 2.05) is 30.6 Å². The molecule has 5 atom stereocenters. The molecular formula is C22H41N5O3. The quantitative estimate of drug-likeness (QED) is 0.559. The van der Waals surface area contributed by atoms with Crippen molar-refractivity contribution < 1.29 is 14.4 Å². The minimum Gasteiger partial charge on any atom is -0.342 e. The number of carbonyl (C=O) groups excluding carboxylic acids is 3. The summed E-state index contributed by atoms with van der Waals surface area (Å²) in [6.45, 7) is 13.0. The van der Waals surface area contributed by atoms with Gasteiger partial charge in [-0.15, -0.1) is 0 Å². The number of amides is 3. The van der Waals surface area contributed by atoms with Crippen molar-refractivity contribution in [2.75, 3.05) is 20.1 Å². The van der Waals surface area contributed by atoms with Crippen molar-refractivity contribution in [3.63, 3.8) is 0 Å². The number of likely N-dealkylation sites (N-methyl/N-ethyl adjacent to an activating group) is 1. The van der Waals surface area contributed by atoms with Crippen LogP contribution in [-0.2, 0) is 14.4 Å². The lowest BCUT2D eigenvalue weighted by atomic mass is 9.85. The summed E-state index contributed by atoms with van der Waals surface area (Å²) < 4.78 is 0. The molecule has 8 nitrogen and oxygen atoms in total. The molecule has 0 bridgehead atoms. The van der Waals surface area contributed by atoms with Crippen LogP contribution in [0, 0.1) is 11.3 Å². The number of carbonyl (C=O) groups is 3. The number of nitrogens with one attached hydrogen (secondary N) is 2. The van der Waals surface area contributed by atoms with Crippen molar-refractivity contribution in [3.05, 3.63) is 0 Å². The second kappa shape index (κ2) is 9.64. The average molecular weight is 424 g/mol. The van der Waals surface area contributed by atoms with Gasteiger partial charge in [-0.1, -0.05) is 34.6 Å². The molecule has 2 heterocycles. The minimum absolute atomic E-state index is 0.0171. The lowest BCUT2D eigenvalue weighted by Gasteiger charge is -2.38. The van der Waals surface area contributed by atoms with Crippen LogP contribution in [0.2, 0.25) is 0 Å². The molecule has 4 N–H and O–H groups in total. The van der Waals surface area contributed by atoms with Crippen LogP contribution in [-0.4, -0.2) is 77.9 Å². The summed E-state index contributed by atoms with van der Waals surface area (Å²) in [4.78, 5) is 42.5. The summed E-state index contributed by atoms with van der Waals surface area (Å²) in [6.07, 6.45) is 2.42. The zero-order valence-electron chi connectivity index (χ0n) is 19.7. The Morgan fingerprint density at radius 1 is 1.23 bits per heavy atom. The van der Waals surface area contributed by atoms with Crippen molar-refractivity contribution in [1.29, 1.82) is 0 Å². The van der Waals surface area contributed by atoms with Crippen LogP contribution in [0.3, 0.4) is 0 Å². The number of nitrogens with zero attached hydrogens (tertiary/aromatic N) is 2. The first kappa shape index (κ1) is 24.6. The molecule has 0 aromatic carbocycles. The van der Waals surface area contributed by atoms with Gasteiger partial charge in [-0.05, 0) is 44.6 Å². The van der Waals surface area contributed by atoms with Gasteiger partial charge in [-0.2, -0.15) is 0 Å². The van der Waals surface area contributed by atoms with E-state index in [9.17, 15) is 14.4 Å². The number of rotatable bonds is 7. The van der Waals surface area contributed by atoms with Crippen LogP contribution < -0.4 is 16.4 Å². The van der Waals surface area contributed by atoms with Gasteiger partial charge in [0.05, 0.1) is 12.1 Å². The van der Waals surface area contributed by atoms with E-state index in [1.54, 1.807) is 14.0 Å². The predicted molar refractivity (Wildman–Crippen MR) is 118 cm³/mol. The SMILES string of the molecule is CN[C@@H](C)C(=O)NC(C(=O)N1CCCC1CN1C(=O)C(N)CC1C(C)C)C(C)(C)C. The van der Waals surface area contributed by atoms with Crippen LogP contribution in [0.5, 0.6) is 0 Å². The van der Waals surface area contributed by atoms with Crippen LogP contribution in [0.15, 0.2) is 0 Å². The van der Waals surface area contributed by atoms with Gasteiger partial charge < -0.3 is 26.2 Å². The summed E-state index contributed by atoms with van der Waals surface area (Å²) in [6, 6.07) is -1.39. The number of hydrogen-bond donors (Lipinski definition) is 3. The summed E-state index contributed by atoms with van der Waals surface area (Å²) in [5.74, 6) is 0.0370. The zero-order valence-corrected chi connectivity index (χ0v) is 19.7. The third-order valence-electron chi connectivity index (χ3n) is 6.56. The van der Waals surface area contributed by atoms with E-state index in [1.165, 1.54) is 0 Å². The second-order valence-electron chi connectivity index (χ2n) is 10.3. The lowest BCUT2D eigenvalue weighted by molar-refractivity contribution is -0.142. The van der Waals surface area contributed by atoms with Crippen molar-refractivity contribution in [2.45, 2.75) is 91.0 Å². The number of hydrogen-bond acceptors (Lipinski definition) is 5. The molecule has 2 saturated heterocycles. The molecule has 2 aliphatic heterocycles. The maximum absolute atomic E-state index is 13.5. The lowest BCUT2D eigenvalue weighted by Crippen LogP contribution is -2.59. The Bertz CT molecular complexity index is 645. The Hall–Kier alpha value is -1.67. The number of likely N-dealkylation sites (tertiary alicyclic amines) is 2. The largest absolute Gasteiger partial charge is 0.342 e. The zero-order chi connectivity index (χ0) is 22.8. The topological polar surface area (TPSA) is 108 Å². The Kier molecular flexibility index (Phi) is 7.91. The fourth-order valence-electron chi connectivity index (χ4n) is 4.48. The Balaban J connectivity index is 2.18. The summed E-state index contributed by atoms with van der Waals surface area (Å²) in [5.41, 5.74) is 5.61. The first-order valence-corrected chi connectivity index (χ1v) is 11.2. The molecule has 0 saturated carbocycles. The molecule has 172 valence electrons. The number of nitrogens with two attached hydrogens (primary N) is 1. The van der Waals surface area contributed by atoms with Crippen LogP contribution >= 0.6 is 0 Å². The van der Waals surface area contributed by atoms with Crippen molar-refractivity contribution in [3.8, 4) is 0 Å². The first-order chi connectivity index (χ1) is 13.9. The highest BCUT2D eigenvalue weighted by molar-refractivity contribution is 5.90. The molecular weight excluding hydrogens is 382 g/mol. The maximum Gasteiger partial charge on any atom is 0.246 e. The van der Waals surface area contributed by atoms with Crippen molar-refractivity contribution in [2.24, 2.45) is 17.1 Å². The summed E-state index contributed by atoms with van der Waals surface area (Å²) in [7, 11) is 1.72. The average Bonchev–Trinajstić information content (AvgIpc) is 3.23. The normalized spacial score (nSPS) is 27.0. The summed E-state index contributed by atoms with van der Waals surface area (Å²) >= 11 is 0. The van der Waals surface area contributed by atoms with Crippen molar-refractivity contribution >= 4 is 17.7 Å². The van der Waals surface area contributed by atoms with Crippen molar-refractivity contribution in [1.82, 2.24) is 20.4 Å². The standard InChI is InChI=1S/C22H41N5O3/c1-13(2)17-11-16(23)20(29)27(17)12-15-9-8-10-26(15)21(30)18(22(4,5)6)25-19(28)14(3)24-7/h13-18,24H,8-12,23H2,1-7H3,(H,25,28)/t14-,15?,16?,17?,18?/m0/s1. The van der Waals surface area contributed by atoms with Gasteiger partial charge in [-0.25, -0.2) is 0 Å². The van der Waals surface area contributed by atoms with Gasteiger partial charge in [-0.3, -0.25) is 14.4 Å². The van der Waals surface area contributed by atoms with Gasteiger partial charge >= 0.3 is 0 Å². The van der Waals surface area contributed by atoms with E-state index in [0.717, 1.165) is 12.8 Å². The van der Waals surface area contributed by atoms with E-state index < -0.39 is 17.5 Å². The molecule has 2 aliphatic rings. The molecule has 4 unspecified atom stereocenters. The van der Waals surface area contributed by atoms with Crippen LogP contribution in [0.25, 0.3) is 0 Å². The minimum atomic E-state index is -0.626. The Labute approximate surface area is 181 Å². The van der Waals surface area contributed by atoms with Gasteiger partial charge in [0, 0.05) is 25.2 Å². The smallest absolute Gasteiger partial charge is 0.246 e. The highest BCUT2D eigenvalue weighted by atomic mass is 16.2. The fourth-order valence-corrected chi connectivity index (χ4v) is 4.48. The van der Waals surface area contributed by atoms with Crippen LogP contribution in [0.1, 0.15) is 60.8 Å². The molecule has 0 aromatic heterocycles. The summed E-state index contributed by atoms with van der Waals surface area (Å²) in [5, 5.41) is 5.87. The molecule has 30 heavy (non-hydrogen) atoms. The maximum atomic E-state index is 13.5. The molecule has 0 radical (unpaired) electrons. The highest BCUT2D eigenvalue weighted by Gasteiger charge is 2.44. The van der Waals surface area contributed by atoms with Gasteiger partial charge in [0.2, 0.25) is 17.7 Å². The van der Waals surface area contributed by atoms with E-state index in [0.29, 0.717) is 25.4 Å². The molecule has 0 spiro atoms. The molecule has 2 fully saturated rings. The monoisotopic (exact) mass is 423 g/mol. The Morgan fingerprint density at radius 2 is 1.87 bits per heavy atom. The molecule has 8 heteroatoms. The van der Waals surface area contributed by atoms with E-state index >= 15 is 0 Å². The van der Waals surface area contributed by atoms with Gasteiger partial charge in [0.25, 0.3) is 0 Å². The molecule has 0 aromatic rings. The van der Waals surface area contributed by atoms with E-state index in [-0.39, 0.29) is 35.8 Å². The second-order valence-corrected chi connectivity index (χ2v) is 10.3. The molecule has 2 rings (SSSR count). The first-order valence-electron chi connectivity index (χ1n) is 11.2. The predicted octanol–water partition coefficient (Wildman–Crippen LogP) is 0.700. The van der Waals surface area contributed by atoms with E-state index in [2.05, 4.69) is 24.5 Å². The third kappa shape index (κ3) is 5.32. The molecule has 3 amide bonds. The molecule has 0 aliphatic carbocycles. The fraction of sp³-hybridized carbons (Fsp3) is 0.864. The van der Waals surface area contributed by atoms with Gasteiger partial charge in [0.15, 0.2) is 0 Å². The Morgan fingerprint density at radius 3 is 2.40 bits per heavy atom. The van der Waals surface area contributed by atoms with Crippen LogP contribution in [0.4, 0.5) is 0 Å². The highest BCUT2D eigenvalue weighted by Crippen LogP contribution is 2.30. The van der Waals surface area contributed by atoms with E-state index in [4.69, 9.17) is 5.73 Å². The van der Waals surface area contributed by atoms with Gasteiger partial charge in [0.1, 0.15) is 6.04 Å².